The summed E-state index contributed by atoms with van der Waals surface area (Å²) in [5.41, 5.74) is 4.86. The van der Waals surface area contributed by atoms with Crippen molar-refractivity contribution in [1.82, 2.24) is 0 Å². The summed E-state index contributed by atoms with van der Waals surface area (Å²) in [7, 11) is 0. The van der Waals surface area contributed by atoms with E-state index in [0.29, 0.717) is 0 Å². The van der Waals surface area contributed by atoms with Gasteiger partial charge in [-0.1, -0.05) is 30.3 Å². The summed E-state index contributed by atoms with van der Waals surface area (Å²) >= 11 is 0. The van der Waals surface area contributed by atoms with Gasteiger partial charge in [0.25, 0.3) is 5.91 Å². The van der Waals surface area contributed by atoms with Crippen molar-refractivity contribution in [1.29, 1.82) is 0 Å². The minimum Gasteiger partial charge on any atom is -0.367 e. The van der Waals surface area contributed by atoms with Crippen LogP contribution in [0, 0.1) is 0 Å². The van der Waals surface area contributed by atoms with Crippen molar-refractivity contribution in [2.75, 3.05) is 0 Å². The lowest BCUT2D eigenvalue weighted by molar-refractivity contribution is -0.122. The molecule has 0 aromatic heterocycles. The maximum Gasteiger partial charge on any atom is 0.252 e. The van der Waals surface area contributed by atoms with Crippen molar-refractivity contribution in [2.24, 2.45) is 5.73 Å². The van der Waals surface area contributed by atoms with Gasteiger partial charge in [0, 0.05) is 0 Å². The largest absolute Gasteiger partial charge is 0.367 e. The highest BCUT2D eigenvalue weighted by molar-refractivity contribution is 5.88. The molecule has 0 radical (unpaired) electrons. The zero-order valence-electron chi connectivity index (χ0n) is 8.28. The van der Waals surface area contributed by atoms with E-state index < -0.39 is 17.1 Å². The molecule has 0 saturated carbocycles. The zero-order valence-corrected chi connectivity index (χ0v) is 8.28. The van der Waals surface area contributed by atoms with Crippen LogP contribution in [0.3, 0.4) is 0 Å². The molecule has 2 N–H and O–H groups in total. The Morgan fingerprint density at radius 2 is 1.86 bits per heavy atom. The predicted octanol–water partition coefficient (Wildman–Crippen LogP) is 1.18. The molecule has 1 saturated heterocycles. The number of rotatable bonds is 2. The summed E-state index contributed by atoms with van der Waals surface area (Å²) in [6.45, 7) is 3.61. The van der Waals surface area contributed by atoms with E-state index in [-0.39, 0.29) is 0 Å². The first kappa shape index (κ1) is 9.21. The van der Waals surface area contributed by atoms with Crippen LogP contribution in [0.15, 0.2) is 30.3 Å². The SMILES string of the molecule is C[C@]1(C(N)=O)O[C@]1(C)c1ccccc1. The highest BCUT2D eigenvalue weighted by Crippen LogP contribution is 2.54. The Labute approximate surface area is 82.9 Å². The van der Waals surface area contributed by atoms with Crippen molar-refractivity contribution >= 4 is 5.91 Å². The van der Waals surface area contributed by atoms with Crippen molar-refractivity contribution < 1.29 is 9.53 Å². The van der Waals surface area contributed by atoms with Crippen LogP contribution < -0.4 is 5.73 Å². The van der Waals surface area contributed by atoms with Gasteiger partial charge < -0.3 is 10.5 Å². The van der Waals surface area contributed by atoms with E-state index in [1.165, 1.54) is 0 Å². The monoisotopic (exact) mass is 191 g/mol. The molecule has 3 heteroatoms. The molecule has 1 aromatic rings. The molecule has 2 atom stereocenters. The van der Waals surface area contributed by atoms with Crippen LogP contribution in [0.4, 0.5) is 0 Å². The van der Waals surface area contributed by atoms with Gasteiger partial charge in [-0.3, -0.25) is 4.79 Å². The van der Waals surface area contributed by atoms with Gasteiger partial charge in [0.05, 0.1) is 0 Å². The maximum atomic E-state index is 11.2. The van der Waals surface area contributed by atoms with Gasteiger partial charge in [0.2, 0.25) is 0 Å². The zero-order chi connectivity index (χ0) is 10.4. The number of nitrogens with two attached hydrogens (primary N) is 1. The Morgan fingerprint density at radius 1 is 1.29 bits per heavy atom. The average Bonchev–Trinajstić information content (AvgIpc) is 2.74. The smallest absolute Gasteiger partial charge is 0.252 e. The van der Waals surface area contributed by atoms with Gasteiger partial charge in [-0.15, -0.1) is 0 Å². The third-order valence-corrected chi connectivity index (χ3v) is 3.07. The Hall–Kier alpha value is -1.35. The van der Waals surface area contributed by atoms with Crippen molar-refractivity contribution in [3.8, 4) is 0 Å². The van der Waals surface area contributed by atoms with E-state index >= 15 is 0 Å². The standard InChI is InChI=1S/C11H13NO2/c1-10(8-6-4-3-5-7-8)11(2,14-10)9(12)13/h3-7H,1-2H3,(H2,12,13)/t10-,11-/m1/s1. The lowest BCUT2D eigenvalue weighted by Crippen LogP contribution is -2.34. The van der Waals surface area contributed by atoms with Gasteiger partial charge in [-0.2, -0.15) is 0 Å². The minimum atomic E-state index is -0.853. The molecular weight excluding hydrogens is 178 g/mol. The number of benzene rings is 1. The summed E-state index contributed by atoms with van der Waals surface area (Å²) in [4.78, 5) is 11.2. The van der Waals surface area contributed by atoms with Crippen LogP contribution in [0.1, 0.15) is 19.4 Å². The van der Waals surface area contributed by atoms with Gasteiger partial charge >= 0.3 is 0 Å². The Morgan fingerprint density at radius 3 is 2.29 bits per heavy atom. The van der Waals surface area contributed by atoms with E-state index in [1.807, 2.05) is 37.3 Å². The topological polar surface area (TPSA) is 55.6 Å². The summed E-state index contributed by atoms with van der Waals surface area (Å²) in [5, 5.41) is 0. The average molecular weight is 191 g/mol. The van der Waals surface area contributed by atoms with Crippen LogP contribution in [0.25, 0.3) is 0 Å². The predicted molar refractivity (Wildman–Crippen MR) is 52.5 cm³/mol. The first-order valence-corrected chi connectivity index (χ1v) is 4.56. The maximum absolute atomic E-state index is 11.2. The fraction of sp³-hybridized carbons (Fsp3) is 0.364. The summed E-state index contributed by atoms with van der Waals surface area (Å²) < 4.78 is 5.46. The van der Waals surface area contributed by atoms with Gasteiger partial charge in [-0.05, 0) is 19.4 Å². The van der Waals surface area contributed by atoms with E-state index in [1.54, 1.807) is 6.92 Å². The minimum absolute atomic E-state index is 0.413. The molecule has 3 nitrogen and oxygen atoms in total. The van der Waals surface area contributed by atoms with E-state index in [2.05, 4.69) is 0 Å². The second-order valence-corrected chi connectivity index (χ2v) is 3.90. The third-order valence-electron chi connectivity index (χ3n) is 3.07. The number of epoxide rings is 1. The number of primary amides is 1. The highest BCUT2D eigenvalue weighted by atomic mass is 16.6. The lowest BCUT2D eigenvalue weighted by atomic mass is 9.88. The molecule has 0 bridgehead atoms. The number of amides is 1. The number of carbonyl (C=O) groups excluding carboxylic acids is 1. The molecule has 1 fully saturated rings. The summed E-state index contributed by atoms with van der Waals surface area (Å²) in [6.07, 6.45) is 0. The number of hydrogen-bond donors (Lipinski definition) is 1. The van der Waals surface area contributed by atoms with Crippen molar-refractivity contribution in [2.45, 2.75) is 25.0 Å². The first-order valence-electron chi connectivity index (χ1n) is 4.56. The second kappa shape index (κ2) is 2.58. The number of hydrogen-bond acceptors (Lipinski definition) is 2. The molecule has 0 aliphatic carbocycles. The van der Waals surface area contributed by atoms with E-state index in [4.69, 9.17) is 10.5 Å². The molecule has 14 heavy (non-hydrogen) atoms. The number of ether oxygens (including phenoxy) is 1. The normalized spacial score (nSPS) is 35.3. The fourth-order valence-electron chi connectivity index (χ4n) is 1.76. The molecule has 1 amide bonds. The summed E-state index contributed by atoms with van der Waals surface area (Å²) in [6, 6.07) is 9.65. The lowest BCUT2D eigenvalue weighted by Gasteiger charge is -2.09. The Balaban J connectivity index is 2.36. The molecular formula is C11H13NO2. The van der Waals surface area contributed by atoms with Gasteiger partial charge in [-0.25, -0.2) is 0 Å². The molecule has 1 aliphatic heterocycles. The second-order valence-electron chi connectivity index (χ2n) is 3.90. The quantitative estimate of drug-likeness (QED) is 0.713. The van der Waals surface area contributed by atoms with Gasteiger partial charge in [0.1, 0.15) is 5.60 Å². The van der Waals surface area contributed by atoms with E-state index in [0.717, 1.165) is 5.56 Å². The van der Waals surface area contributed by atoms with Crippen LogP contribution in [-0.2, 0) is 15.1 Å². The van der Waals surface area contributed by atoms with Crippen molar-refractivity contribution in [3.05, 3.63) is 35.9 Å². The Kier molecular flexibility index (Phi) is 1.70. The Bertz CT molecular complexity index is 376. The number of carbonyl (C=O) groups is 1. The third kappa shape index (κ3) is 0.990. The first-order chi connectivity index (χ1) is 6.51. The fourth-order valence-corrected chi connectivity index (χ4v) is 1.76. The summed E-state index contributed by atoms with van der Waals surface area (Å²) in [5.74, 6) is -0.413. The van der Waals surface area contributed by atoms with Gasteiger partial charge in [0.15, 0.2) is 5.60 Å². The van der Waals surface area contributed by atoms with Crippen LogP contribution in [0.2, 0.25) is 0 Å². The molecule has 1 aromatic carbocycles. The van der Waals surface area contributed by atoms with Crippen LogP contribution in [0.5, 0.6) is 0 Å². The molecule has 2 rings (SSSR count). The van der Waals surface area contributed by atoms with Crippen LogP contribution >= 0.6 is 0 Å². The van der Waals surface area contributed by atoms with E-state index in [9.17, 15) is 4.79 Å². The molecule has 74 valence electrons. The molecule has 0 spiro atoms. The molecule has 0 unspecified atom stereocenters. The molecule has 1 heterocycles. The highest BCUT2D eigenvalue weighted by Gasteiger charge is 2.68. The van der Waals surface area contributed by atoms with Crippen molar-refractivity contribution in [3.63, 3.8) is 0 Å². The molecule has 1 aliphatic rings. The van der Waals surface area contributed by atoms with Crippen LogP contribution in [-0.4, -0.2) is 11.5 Å².